The standard InChI is InChI=1S/C32H41N3O4S/c1-6-7-19-33-32(37)30(21-27-14-9-8-10-15-27)34(22-28-16-12-11-13-25(28)3)31(36)23-35(40(5,38)39)29-20-24(2)17-18-26(29)4/h8-18,20,30H,6-7,19,21-23H2,1-5H3,(H,33,37). The van der Waals surface area contributed by atoms with Gasteiger partial charge < -0.3 is 10.2 Å². The molecule has 214 valence electrons. The van der Waals surface area contributed by atoms with Crippen molar-refractivity contribution in [2.45, 2.75) is 59.5 Å². The second kappa shape index (κ2) is 14.1. The van der Waals surface area contributed by atoms with Crippen LogP contribution in [0.2, 0.25) is 0 Å². The molecule has 0 aliphatic heterocycles. The van der Waals surface area contributed by atoms with Crippen molar-refractivity contribution < 1.29 is 18.0 Å². The molecule has 0 spiro atoms. The van der Waals surface area contributed by atoms with Gasteiger partial charge in [0.05, 0.1) is 11.9 Å². The first-order valence-corrected chi connectivity index (χ1v) is 15.6. The van der Waals surface area contributed by atoms with Crippen molar-refractivity contribution in [2.24, 2.45) is 0 Å². The molecule has 7 nitrogen and oxygen atoms in total. The number of hydrogen-bond donors (Lipinski definition) is 1. The molecule has 0 aliphatic carbocycles. The fourth-order valence-electron chi connectivity index (χ4n) is 4.61. The van der Waals surface area contributed by atoms with E-state index in [1.807, 2.05) is 87.5 Å². The quantitative estimate of drug-likeness (QED) is 0.299. The van der Waals surface area contributed by atoms with Gasteiger partial charge in [0.25, 0.3) is 0 Å². The van der Waals surface area contributed by atoms with Gasteiger partial charge in [-0.2, -0.15) is 0 Å². The van der Waals surface area contributed by atoms with Crippen LogP contribution < -0.4 is 9.62 Å². The molecule has 0 aromatic heterocycles. The van der Waals surface area contributed by atoms with Crippen LogP contribution in [0.1, 0.15) is 47.6 Å². The van der Waals surface area contributed by atoms with E-state index in [1.54, 1.807) is 11.0 Å². The van der Waals surface area contributed by atoms with Gasteiger partial charge in [-0.1, -0.05) is 80.1 Å². The maximum atomic E-state index is 14.2. The minimum atomic E-state index is -3.80. The molecule has 8 heteroatoms. The molecular weight excluding hydrogens is 522 g/mol. The van der Waals surface area contributed by atoms with Crippen LogP contribution in [0.15, 0.2) is 72.8 Å². The maximum Gasteiger partial charge on any atom is 0.244 e. The number of benzene rings is 3. The molecule has 1 atom stereocenters. The van der Waals surface area contributed by atoms with Crippen LogP contribution in [0.25, 0.3) is 0 Å². The lowest BCUT2D eigenvalue weighted by Gasteiger charge is -2.34. The smallest absolute Gasteiger partial charge is 0.244 e. The highest BCUT2D eigenvalue weighted by Crippen LogP contribution is 2.25. The van der Waals surface area contributed by atoms with Crippen molar-refractivity contribution in [3.8, 4) is 0 Å². The van der Waals surface area contributed by atoms with Crippen LogP contribution in [0.4, 0.5) is 5.69 Å². The summed E-state index contributed by atoms with van der Waals surface area (Å²) in [7, 11) is -3.80. The highest BCUT2D eigenvalue weighted by atomic mass is 32.2. The summed E-state index contributed by atoms with van der Waals surface area (Å²) in [5, 5.41) is 3.01. The zero-order chi connectivity index (χ0) is 29.3. The summed E-state index contributed by atoms with van der Waals surface area (Å²) < 4.78 is 27.2. The monoisotopic (exact) mass is 563 g/mol. The summed E-state index contributed by atoms with van der Waals surface area (Å²) >= 11 is 0. The Hall–Kier alpha value is -3.65. The van der Waals surface area contributed by atoms with Gasteiger partial charge in [0.1, 0.15) is 12.6 Å². The lowest BCUT2D eigenvalue weighted by Crippen LogP contribution is -2.53. The van der Waals surface area contributed by atoms with Gasteiger partial charge in [-0.25, -0.2) is 8.42 Å². The van der Waals surface area contributed by atoms with Gasteiger partial charge in [-0.05, 0) is 61.1 Å². The number of nitrogens with zero attached hydrogens (tertiary/aromatic N) is 2. The van der Waals surface area contributed by atoms with E-state index in [1.165, 1.54) is 0 Å². The number of amides is 2. The summed E-state index contributed by atoms with van der Waals surface area (Å²) in [5.41, 5.74) is 4.88. The van der Waals surface area contributed by atoms with Crippen molar-refractivity contribution in [3.05, 3.63) is 101 Å². The Labute approximate surface area is 239 Å². The Morgan fingerprint density at radius 3 is 2.23 bits per heavy atom. The van der Waals surface area contributed by atoms with Crippen LogP contribution in [-0.4, -0.2) is 50.5 Å². The molecule has 1 unspecified atom stereocenters. The second-order valence-corrected chi connectivity index (χ2v) is 12.3. The summed E-state index contributed by atoms with van der Waals surface area (Å²) in [6, 6.07) is 22.0. The van der Waals surface area contributed by atoms with Crippen molar-refractivity contribution >= 4 is 27.5 Å². The van der Waals surface area contributed by atoms with Crippen molar-refractivity contribution in [2.75, 3.05) is 23.7 Å². The number of rotatable bonds is 13. The zero-order valence-corrected chi connectivity index (χ0v) is 25.0. The fourth-order valence-corrected chi connectivity index (χ4v) is 5.51. The summed E-state index contributed by atoms with van der Waals surface area (Å²) in [6.45, 7) is 7.98. The molecule has 1 N–H and O–H groups in total. The first kappa shape index (κ1) is 30.9. The average molecular weight is 564 g/mol. The van der Waals surface area contributed by atoms with Gasteiger partial charge >= 0.3 is 0 Å². The van der Waals surface area contributed by atoms with Gasteiger partial charge in [-0.15, -0.1) is 0 Å². The van der Waals surface area contributed by atoms with Gasteiger partial charge in [0, 0.05) is 19.5 Å². The number of carbonyl (C=O) groups is 2. The molecule has 0 saturated carbocycles. The Morgan fingerprint density at radius 2 is 1.57 bits per heavy atom. The molecule has 0 fully saturated rings. The normalized spacial score (nSPS) is 12.0. The van der Waals surface area contributed by atoms with Crippen LogP contribution >= 0.6 is 0 Å². The predicted molar refractivity (Wildman–Crippen MR) is 162 cm³/mol. The third-order valence-electron chi connectivity index (χ3n) is 7.02. The third-order valence-corrected chi connectivity index (χ3v) is 8.14. The van der Waals surface area contributed by atoms with Crippen LogP contribution in [-0.2, 0) is 32.6 Å². The van der Waals surface area contributed by atoms with E-state index in [9.17, 15) is 18.0 Å². The Balaban J connectivity index is 2.07. The molecular formula is C32H41N3O4S. The number of hydrogen-bond acceptors (Lipinski definition) is 4. The summed E-state index contributed by atoms with van der Waals surface area (Å²) in [5.74, 6) is -0.696. The number of unbranched alkanes of at least 4 members (excludes halogenated alkanes) is 1. The van der Waals surface area contributed by atoms with Crippen molar-refractivity contribution in [3.63, 3.8) is 0 Å². The molecule has 3 aromatic carbocycles. The largest absolute Gasteiger partial charge is 0.354 e. The first-order valence-electron chi connectivity index (χ1n) is 13.7. The minimum absolute atomic E-state index is 0.175. The first-order chi connectivity index (χ1) is 19.0. The molecule has 0 bridgehead atoms. The van der Waals surface area contributed by atoms with E-state index in [4.69, 9.17) is 0 Å². The Bertz CT molecular complexity index is 1410. The van der Waals surface area contributed by atoms with E-state index in [2.05, 4.69) is 12.2 Å². The van der Waals surface area contributed by atoms with E-state index < -0.39 is 28.5 Å². The highest BCUT2D eigenvalue weighted by Gasteiger charge is 2.33. The number of anilines is 1. The molecule has 40 heavy (non-hydrogen) atoms. The number of carbonyl (C=O) groups excluding carboxylic acids is 2. The predicted octanol–water partition coefficient (Wildman–Crippen LogP) is 4.93. The zero-order valence-electron chi connectivity index (χ0n) is 24.2. The van der Waals surface area contributed by atoms with E-state index in [0.717, 1.165) is 51.2 Å². The molecule has 3 aromatic rings. The Morgan fingerprint density at radius 1 is 0.900 bits per heavy atom. The van der Waals surface area contributed by atoms with Crippen molar-refractivity contribution in [1.82, 2.24) is 10.2 Å². The van der Waals surface area contributed by atoms with Gasteiger partial charge in [0.15, 0.2) is 0 Å². The summed E-state index contributed by atoms with van der Waals surface area (Å²) in [4.78, 5) is 29.4. The van der Waals surface area contributed by atoms with Crippen LogP contribution in [0.3, 0.4) is 0 Å². The lowest BCUT2D eigenvalue weighted by atomic mass is 10.0. The fraction of sp³-hybridized carbons (Fsp3) is 0.375. The minimum Gasteiger partial charge on any atom is -0.354 e. The van der Waals surface area contributed by atoms with E-state index in [0.29, 0.717) is 18.7 Å². The summed E-state index contributed by atoms with van der Waals surface area (Å²) in [6.07, 6.45) is 3.16. The van der Waals surface area contributed by atoms with E-state index >= 15 is 0 Å². The van der Waals surface area contributed by atoms with E-state index in [-0.39, 0.29) is 12.5 Å². The number of sulfonamides is 1. The van der Waals surface area contributed by atoms with Gasteiger partial charge in [0.2, 0.25) is 21.8 Å². The number of aryl methyl sites for hydroxylation is 3. The molecule has 0 heterocycles. The van der Waals surface area contributed by atoms with Crippen LogP contribution in [0.5, 0.6) is 0 Å². The topological polar surface area (TPSA) is 86.8 Å². The average Bonchev–Trinajstić information content (AvgIpc) is 2.91. The molecule has 0 saturated heterocycles. The molecule has 3 rings (SSSR count). The molecule has 0 aliphatic rings. The number of nitrogens with one attached hydrogen (secondary N) is 1. The lowest BCUT2D eigenvalue weighted by molar-refractivity contribution is -0.140. The molecule has 0 radical (unpaired) electrons. The maximum absolute atomic E-state index is 14.2. The Kier molecular flexibility index (Phi) is 10.9. The SMILES string of the molecule is CCCCNC(=O)C(Cc1ccccc1)N(Cc1ccccc1C)C(=O)CN(c1cc(C)ccc1C)S(C)(=O)=O. The van der Waals surface area contributed by atoms with Crippen LogP contribution in [0, 0.1) is 20.8 Å². The van der Waals surface area contributed by atoms with Crippen molar-refractivity contribution in [1.29, 1.82) is 0 Å². The molecule has 2 amide bonds. The second-order valence-electron chi connectivity index (χ2n) is 10.4. The highest BCUT2D eigenvalue weighted by molar-refractivity contribution is 7.92. The third kappa shape index (κ3) is 8.42. The van der Waals surface area contributed by atoms with Gasteiger partial charge in [-0.3, -0.25) is 13.9 Å².